The van der Waals surface area contributed by atoms with Crippen molar-refractivity contribution in [3.05, 3.63) is 45.6 Å². The van der Waals surface area contributed by atoms with E-state index in [-0.39, 0.29) is 16.5 Å². The molecule has 0 saturated carbocycles. The van der Waals surface area contributed by atoms with Gasteiger partial charge in [0.2, 0.25) is 10.0 Å². The van der Waals surface area contributed by atoms with Gasteiger partial charge in [-0.2, -0.15) is 0 Å². The number of fused-ring (bicyclic) bond motifs is 1. The third-order valence-corrected chi connectivity index (χ3v) is 15.4. The quantitative estimate of drug-likeness (QED) is 0.181. The summed E-state index contributed by atoms with van der Waals surface area (Å²) in [4.78, 5) is 6.02. The van der Waals surface area contributed by atoms with E-state index < -0.39 is 40.5 Å². The Balaban J connectivity index is 1.89. The lowest BCUT2D eigenvalue weighted by molar-refractivity contribution is 0.258. The molecule has 0 aliphatic rings. The first-order chi connectivity index (χ1) is 16.5. The van der Waals surface area contributed by atoms with Crippen LogP contribution in [0.15, 0.2) is 45.1 Å². The van der Waals surface area contributed by atoms with E-state index in [4.69, 9.17) is 4.43 Å². The van der Waals surface area contributed by atoms with Crippen LogP contribution in [0.3, 0.4) is 0 Å². The molecule has 0 radical (unpaired) electrons. The van der Waals surface area contributed by atoms with Crippen molar-refractivity contribution in [1.82, 2.24) is 9.71 Å². The van der Waals surface area contributed by atoms with Gasteiger partial charge in [-0.15, -0.1) is 22.7 Å². The molecule has 198 valence electrons. The Morgan fingerprint density at radius 2 is 1.89 bits per heavy atom. The van der Waals surface area contributed by atoms with E-state index in [2.05, 4.69) is 48.0 Å². The third kappa shape index (κ3) is 7.25. The summed E-state index contributed by atoms with van der Waals surface area (Å²) in [5, 5.41) is -0.0160. The monoisotopic (exact) mass is 585 g/mol. The molecule has 1 N–H and O–H groups in total. The first-order valence-electron chi connectivity index (χ1n) is 11.5. The first kappa shape index (κ1) is 29.4. The van der Waals surface area contributed by atoms with Gasteiger partial charge in [-0.3, -0.25) is 0 Å². The van der Waals surface area contributed by atoms with Crippen LogP contribution >= 0.6 is 22.7 Å². The number of rotatable bonds is 9. The Kier molecular flexibility index (Phi) is 8.94. The van der Waals surface area contributed by atoms with E-state index in [1.165, 1.54) is 22.7 Å². The van der Waals surface area contributed by atoms with Gasteiger partial charge in [0, 0.05) is 4.88 Å². The van der Waals surface area contributed by atoms with Gasteiger partial charge < -0.3 is 8.98 Å². The van der Waals surface area contributed by atoms with Gasteiger partial charge in [0.15, 0.2) is 8.32 Å². The summed E-state index contributed by atoms with van der Waals surface area (Å²) < 4.78 is 53.0. The smallest absolute Gasteiger partial charge is 0.241 e. The highest BCUT2D eigenvalue weighted by Gasteiger charge is 2.38. The minimum Gasteiger partial charge on any atom is -0.591 e. The molecule has 3 aromatic rings. The number of hydrogen-bond acceptors (Lipinski definition) is 8. The van der Waals surface area contributed by atoms with Crippen LogP contribution in [-0.4, -0.2) is 43.8 Å². The van der Waals surface area contributed by atoms with Crippen molar-refractivity contribution in [2.45, 2.75) is 75.4 Å². The highest BCUT2D eigenvalue weighted by molar-refractivity contribution is 7.91. The van der Waals surface area contributed by atoms with E-state index in [1.54, 1.807) is 29.9 Å². The molecule has 0 aliphatic heterocycles. The predicted octanol–water partition coefficient (Wildman–Crippen LogP) is 6.28. The summed E-state index contributed by atoms with van der Waals surface area (Å²) in [5.41, 5.74) is 2.47. The molecular formula is C24H35N3O4S4Si. The van der Waals surface area contributed by atoms with Gasteiger partial charge in [0.05, 0.1) is 44.4 Å². The van der Waals surface area contributed by atoms with Crippen molar-refractivity contribution in [3.8, 4) is 0 Å². The molecule has 1 aromatic carbocycles. The zero-order valence-electron chi connectivity index (χ0n) is 22.0. The van der Waals surface area contributed by atoms with Crippen LogP contribution in [-0.2, 0) is 25.8 Å². The molecule has 1 unspecified atom stereocenters. The fraction of sp³-hybridized carbons (Fsp3) is 0.500. The van der Waals surface area contributed by atoms with Gasteiger partial charge in [0.1, 0.15) is 16.1 Å². The lowest BCUT2D eigenvalue weighted by Gasteiger charge is -2.37. The molecule has 12 heteroatoms. The number of aromatic nitrogens is 1. The van der Waals surface area contributed by atoms with Crippen molar-refractivity contribution in [2.24, 2.45) is 4.40 Å². The molecule has 2 aromatic heterocycles. The lowest BCUT2D eigenvalue weighted by Crippen LogP contribution is -2.43. The highest BCUT2D eigenvalue weighted by atomic mass is 32.2. The predicted molar refractivity (Wildman–Crippen MR) is 156 cm³/mol. The highest BCUT2D eigenvalue weighted by Crippen LogP contribution is 2.38. The molecule has 3 rings (SSSR count). The zero-order chi connectivity index (χ0) is 26.9. The Morgan fingerprint density at radius 1 is 1.19 bits per heavy atom. The van der Waals surface area contributed by atoms with Crippen molar-refractivity contribution < 1.29 is 17.4 Å². The summed E-state index contributed by atoms with van der Waals surface area (Å²) in [5.74, 6) is 0. The average Bonchev–Trinajstić information content (AvgIpc) is 3.42. The standard InChI is InChI=1S/C24H35N3O4S4Si/c1-23(2,3)34(28)26-14-17-9-12-21(33-17)20(15-31-36(7,8)24(4,5)6)27-35(29,30)18-10-11-19-22(13-18)32-16-25-19/h9-14,16,20,27H,15H2,1-8H3/b26-14-/t20-,34?/m1/s1. The van der Waals surface area contributed by atoms with Crippen LogP contribution in [0.2, 0.25) is 18.1 Å². The second-order valence-electron chi connectivity index (χ2n) is 11.1. The van der Waals surface area contributed by atoms with Gasteiger partial charge in [-0.1, -0.05) is 25.2 Å². The number of nitrogens with one attached hydrogen (secondary N) is 1. The van der Waals surface area contributed by atoms with Crippen molar-refractivity contribution in [2.75, 3.05) is 6.61 Å². The second-order valence-corrected chi connectivity index (χ2v) is 21.6. The van der Waals surface area contributed by atoms with Crippen LogP contribution in [0.5, 0.6) is 0 Å². The van der Waals surface area contributed by atoms with Crippen molar-refractivity contribution in [1.29, 1.82) is 0 Å². The maximum absolute atomic E-state index is 13.4. The van der Waals surface area contributed by atoms with Crippen molar-refractivity contribution in [3.63, 3.8) is 0 Å². The first-order valence-corrected chi connectivity index (χ1v) is 18.7. The van der Waals surface area contributed by atoms with Crippen molar-refractivity contribution >= 4 is 68.8 Å². The maximum Gasteiger partial charge on any atom is 0.241 e. The van der Waals surface area contributed by atoms with E-state index in [0.717, 1.165) is 20.0 Å². The van der Waals surface area contributed by atoms with E-state index in [0.29, 0.717) is 0 Å². The fourth-order valence-electron chi connectivity index (χ4n) is 2.82. The number of hydrogen-bond donors (Lipinski definition) is 1. The molecule has 0 bridgehead atoms. The summed E-state index contributed by atoms with van der Waals surface area (Å²) in [6, 6.07) is 8.10. The van der Waals surface area contributed by atoms with Crippen LogP contribution in [0.1, 0.15) is 57.3 Å². The molecule has 0 amide bonds. The Bertz CT molecular complexity index is 1320. The second kappa shape index (κ2) is 10.9. The minimum atomic E-state index is -3.83. The number of nitrogens with zero attached hydrogens (tertiary/aromatic N) is 2. The molecule has 7 nitrogen and oxygen atoms in total. The summed E-state index contributed by atoms with van der Waals surface area (Å²) in [6.45, 7) is 16.6. The summed E-state index contributed by atoms with van der Waals surface area (Å²) in [7, 11) is -5.96. The molecular weight excluding hydrogens is 551 g/mol. The number of thiazole rings is 1. The normalized spacial score (nSPS) is 15.6. The lowest BCUT2D eigenvalue weighted by atomic mass is 10.2. The van der Waals surface area contributed by atoms with Crippen LogP contribution in [0.4, 0.5) is 0 Å². The molecule has 0 fully saturated rings. The van der Waals surface area contributed by atoms with Gasteiger partial charge in [-0.25, -0.2) is 18.1 Å². The minimum absolute atomic E-state index is 0.0160. The number of sulfonamides is 1. The number of thiophene rings is 1. The molecule has 2 atom stereocenters. The average molecular weight is 586 g/mol. The Hall–Kier alpha value is -1.12. The van der Waals surface area contributed by atoms with E-state index >= 15 is 0 Å². The Labute approximate surface area is 226 Å². The van der Waals surface area contributed by atoms with E-state index in [1.807, 2.05) is 32.9 Å². The van der Waals surface area contributed by atoms with Crippen LogP contribution in [0.25, 0.3) is 10.2 Å². The van der Waals surface area contributed by atoms with Crippen LogP contribution < -0.4 is 4.72 Å². The molecule has 0 saturated heterocycles. The van der Waals surface area contributed by atoms with Crippen LogP contribution in [0, 0.1) is 0 Å². The van der Waals surface area contributed by atoms with Gasteiger partial charge in [-0.05, 0) is 69.2 Å². The topological polar surface area (TPSA) is 104 Å². The number of benzene rings is 1. The zero-order valence-corrected chi connectivity index (χ0v) is 26.3. The summed E-state index contributed by atoms with van der Waals surface area (Å²) >= 11 is 1.44. The van der Waals surface area contributed by atoms with Gasteiger partial charge in [0.25, 0.3) is 0 Å². The largest absolute Gasteiger partial charge is 0.591 e. The molecule has 2 heterocycles. The third-order valence-electron chi connectivity index (χ3n) is 6.12. The molecule has 0 spiro atoms. The summed E-state index contributed by atoms with van der Waals surface area (Å²) in [6.07, 6.45) is 1.59. The Morgan fingerprint density at radius 3 is 2.53 bits per heavy atom. The maximum atomic E-state index is 13.4. The fourth-order valence-corrected chi connectivity index (χ4v) is 7.44. The van der Waals surface area contributed by atoms with E-state index in [9.17, 15) is 13.0 Å². The SMILES string of the molecule is CC(C)(C)[S+]([O-])/N=C\c1ccc([C@@H](CO[Si](C)(C)C(C)(C)C)NS(=O)(=O)c2ccc3ncsc3c2)s1. The van der Waals surface area contributed by atoms with Gasteiger partial charge >= 0.3 is 0 Å². The molecule has 36 heavy (non-hydrogen) atoms. The molecule has 0 aliphatic carbocycles.